The lowest BCUT2D eigenvalue weighted by molar-refractivity contribution is -0.139. The SMILES string of the molecule is CCCCSCCC(=O)N1CCCC1CC(=O)O. The summed E-state index contributed by atoms with van der Waals surface area (Å²) >= 11 is 1.82. The molecule has 1 rings (SSSR count). The molecule has 0 aliphatic carbocycles. The first-order valence-corrected chi connectivity index (χ1v) is 7.89. The Kier molecular flexibility index (Phi) is 7.16. The predicted octanol–water partition coefficient (Wildman–Crippen LogP) is 2.38. The number of amides is 1. The van der Waals surface area contributed by atoms with Crippen molar-refractivity contribution in [3.63, 3.8) is 0 Å². The van der Waals surface area contributed by atoms with Crippen molar-refractivity contribution in [1.29, 1.82) is 0 Å². The summed E-state index contributed by atoms with van der Waals surface area (Å²) in [6.45, 7) is 2.89. The van der Waals surface area contributed by atoms with Gasteiger partial charge in [-0.3, -0.25) is 9.59 Å². The van der Waals surface area contributed by atoms with Crippen LogP contribution in [0.1, 0.15) is 45.4 Å². The summed E-state index contributed by atoms with van der Waals surface area (Å²) in [5.74, 6) is 1.29. The summed E-state index contributed by atoms with van der Waals surface area (Å²) in [4.78, 5) is 24.5. The average molecular weight is 273 g/mol. The highest BCUT2D eigenvalue weighted by molar-refractivity contribution is 7.99. The van der Waals surface area contributed by atoms with Crippen LogP contribution in [0.25, 0.3) is 0 Å². The first kappa shape index (κ1) is 15.3. The number of nitrogens with zero attached hydrogens (tertiary/aromatic N) is 1. The minimum atomic E-state index is -0.808. The molecule has 104 valence electrons. The summed E-state index contributed by atoms with van der Waals surface area (Å²) in [5.41, 5.74) is 0. The third-order valence-corrected chi connectivity index (χ3v) is 4.28. The monoisotopic (exact) mass is 273 g/mol. The summed E-state index contributed by atoms with van der Waals surface area (Å²) in [6.07, 6.45) is 4.80. The third kappa shape index (κ3) is 5.29. The van der Waals surface area contributed by atoms with E-state index in [1.807, 2.05) is 11.8 Å². The van der Waals surface area contributed by atoms with Crippen LogP contribution in [0.2, 0.25) is 0 Å². The maximum atomic E-state index is 12.0. The van der Waals surface area contributed by atoms with Gasteiger partial charge in [0.25, 0.3) is 0 Å². The fourth-order valence-corrected chi connectivity index (χ4v) is 3.25. The number of hydrogen-bond acceptors (Lipinski definition) is 3. The molecule has 1 heterocycles. The molecule has 1 aliphatic heterocycles. The van der Waals surface area contributed by atoms with Crippen molar-refractivity contribution in [2.45, 2.75) is 51.5 Å². The normalized spacial score (nSPS) is 19.2. The van der Waals surface area contributed by atoms with Gasteiger partial charge in [-0.1, -0.05) is 13.3 Å². The maximum Gasteiger partial charge on any atom is 0.305 e. The summed E-state index contributed by atoms with van der Waals surface area (Å²) in [7, 11) is 0. The van der Waals surface area contributed by atoms with E-state index < -0.39 is 5.97 Å². The minimum Gasteiger partial charge on any atom is -0.481 e. The molecule has 0 saturated carbocycles. The Bertz CT molecular complexity index is 283. The van der Waals surface area contributed by atoms with Crippen LogP contribution in [0.4, 0.5) is 0 Å². The number of aliphatic carboxylic acids is 1. The fourth-order valence-electron chi connectivity index (χ4n) is 2.23. The highest BCUT2D eigenvalue weighted by Gasteiger charge is 2.29. The zero-order valence-electron chi connectivity index (χ0n) is 11.1. The third-order valence-electron chi connectivity index (χ3n) is 3.21. The molecule has 5 heteroatoms. The lowest BCUT2D eigenvalue weighted by atomic mass is 10.1. The minimum absolute atomic E-state index is 0.0735. The van der Waals surface area contributed by atoms with Gasteiger partial charge < -0.3 is 10.0 Å². The molecule has 0 aromatic carbocycles. The van der Waals surface area contributed by atoms with Gasteiger partial charge in [-0.05, 0) is 25.0 Å². The Morgan fingerprint density at radius 2 is 2.17 bits per heavy atom. The van der Waals surface area contributed by atoms with E-state index in [0.29, 0.717) is 6.42 Å². The van der Waals surface area contributed by atoms with E-state index in [-0.39, 0.29) is 18.4 Å². The van der Waals surface area contributed by atoms with Gasteiger partial charge in [-0.25, -0.2) is 0 Å². The first-order chi connectivity index (χ1) is 8.65. The number of carbonyl (C=O) groups excluding carboxylic acids is 1. The number of unbranched alkanes of at least 4 members (excludes halogenated alkanes) is 1. The topological polar surface area (TPSA) is 57.6 Å². The van der Waals surface area contributed by atoms with Gasteiger partial charge in [-0.15, -0.1) is 0 Å². The Morgan fingerprint density at radius 3 is 2.83 bits per heavy atom. The lowest BCUT2D eigenvalue weighted by Gasteiger charge is -2.23. The lowest BCUT2D eigenvalue weighted by Crippen LogP contribution is -2.37. The molecule has 18 heavy (non-hydrogen) atoms. The van der Waals surface area contributed by atoms with Crippen LogP contribution in [0, 0.1) is 0 Å². The van der Waals surface area contributed by atoms with Crippen molar-refractivity contribution < 1.29 is 14.7 Å². The average Bonchev–Trinajstić information content (AvgIpc) is 2.76. The van der Waals surface area contributed by atoms with E-state index >= 15 is 0 Å². The molecule has 1 atom stereocenters. The van der Waals surface area contributed by atoms with Gasteiger partial charge in [0.1, 0.15) is 0 Å². The predicted molar refractivity (Wildman–Crippen MR) is 73.8 cm³/mol. The fraction of sp³-hybridized carbons (Fsp3) is 0.846. The second kappa shape index (κ2) is 8.40. The number of likely N-dealkylation sites (tertiary alicyclic amines) is 1. The summed E-state index contributed by atoms with van der Waals surface area (Å²) in [6, 6.07) is -0.0735. The van der Waals surface area contributed by atoms with Crippen LogP contribution < -0.4 is 0 Å². The number of thioether (sulfide) groups is 1. The quantitative estimate of drug-likeness (QED) is 0.690. The van der Waals surface area contributed by atoms with Crippen LogP contribution in [0.5, 0.6) is 0 Å². The molecule has 0 aromatic heterocycles. The smallest absolute Gasteiger partial charge is 0.305 e. The molecule has 1 unspecified atom stereocenters. The van der Waals surface area contributed by atoms with Crippen molar-refractivity contribution in [2.75, 3.05) is 18.1 Å². The van der Waals surface area contributed by atoms with Crippen molar-refractivity contribution >= 4 is 23.6 Å². The molecule has 4 nitrogen and oxygen atoms in total. The Labute approximate surface area is 113 Å². The van der Waals surface area contributed by atoms with Crippen LogP contribution >= 0.6 is 11.8 Å². The van der Waals surface area contributed by atoms with Crippen molar-refractivity contribution in [3.8, 4) is 0 Å². The van der Waals surface area contributed by atoms with E-state index in [2.05, 4.69) is 6.92 Å². The molecule has 1 saturated heterocycles. The Morgan fingerprint density at radius 1 is 1.39 bits per heavy atom. The summed E-state index contributed by atoms with van der Waals surface area (Å²) in [5, 5.41) is 8.80. The maximum absolute atomic E-state index is 12.0. The molecule has 1 amide bonds. The van der Waals surface area contributed by atoms with E-state index in [0.717, 1.165) is 30.9 Å². The van der Waals surface area contributed by atoms with Gasteiger partial charge >= 0.3 is 5.97 Å². The van der Waals surface area contributed by atoms with Crippen LogP contribution in [-0.2, 0) is 9.59 Å². The van der Waals surface area contributed by atoms with E-state index in [1.54, 1.807) is 4.90 Å². The van der Waals surface area contributed by atoms with Gasteiger partial charge in [-0.2, -0.15) is 11.8 Å². The van der Waals surface area contributed by atoms with Crippen molar-refractivity contribution in [2.24, 2.45) is 0 Å². The van der Waals surface area contributed by atoms with E-state index in [4.69, 9.17) is 5.11 Å². The second-order valence-electron chi connectivity index (χ2n) is 4.70. The van der Waals surface area contributed by atoms with Crippen LogP contribution in [0.3, 0.4) is 0 Å². The zero-order chi connectivity index (χ0) is 13.4. The molecule has 0 bridgehead atoms. The van der Waals surface area contributed by atoms with Crippen LogP contribution in [-0.4, -0.2) is 46.0 Å². The molecule has 1 N–H and O–H groups in total. The number of carbonyl (C=O) groups is 2. The molecule has 0 spiro atoms. The standard InChI is InChI=1S/C13H23NO3S/c1-2-3-8-18-9-6-12(15)14-7-4-5-11(14)10-13(16)17/h11H,2-10H2,1H3,(H,16,17). The van der Waals surface area contributed by atoms with Crippen LogP contribution in [0.15, 0.2) is 0 Å². The van der Waals surface area contributed by atoms with E-state index in [1.165, 1.54) is 12.8 Å². The highest BCUT2D eigenvalue weighted by atomic mass is 32.2. The molecular formula is C13H23NO3S. The van der Waals surface area contributed by atoms with Gasteiger partial charge in [0, 0.05) is 24.8 Å². The second-order valence-corrected chi connectivity index (χ2v) is 5.92. The number of carboxylic acids is 1. The van der Waals surface area contributed by atoms with Crippen molar-refractivity contribution in [1.82, 2.24) is 4.90 Å². The molecule has 1 aliphatic rings. The molecule has 0 aromatic rings. The van der Waals surface area contributed by atoms with Gasteiger partial charge in [0.15, 0.2) is 0 Å². The van der Waals surface area contributed by atoms with Gasteiger partial charge in [0.2, 0.25) is 5.91 Å². The largest absolute Gasteiger partial charge is 0.481 e. The molecule has 0 radical (unpaired) electrons. The highest BCUT2D eigenvalue weighted by Crippen LogP contribution is 2.21. The summed E-state index contributed by atoms with van der Waals surface area (Å²) < 4.78 is 0. The number of rotatable bonds is 8. The van der Waals surface area contributed by atoms with E-state index in [9.17, 15) is 9.59 Å². The Balaban J connectivity index is 2.25. The Hall–Kier alpha value is -0.710. The first-order valence-electron chi connectivity index (χ1n) is 6.74. The molecule has 1 fully saturated rings. The number of hydrogen-bond donors (Lipinski definition) is 1. The van der Waals surface area contributed by atoms with Crippen molar-refractivity contribution in [3.05, 3.63) is 0 Å². The molecular weight excluding hydrogens is 250 g/mol. The zero-order valence-corrected chi connectivity index (χ0v) is 11.9. The van der Waals surface area contributed by atoms with Gasteiger partial charge in [0.05, 0.1) is 6.42 Å². The number of carboxylic acid groups (broad SMARTS) is 1.